The van der Waals surface area contributed by atoms with Gasteiger partial charge in [0.05, 0.1) is 11.2 Å². The first-order valence-corrected chi connectivity index (χ1v) is 8.26. The van der Waals surface area contributed by atoms with E-state index in [1.165, 1.54) is 24.2 Å². The Bertz CT molecular complexity index is 490. The third-order valence-corrected chi connectivity index (χ3v) is 4.55. The van der Waals surface area contributed by atoms with Crippen molar-refractivity contribution in [3.05, 3.63) is 46.9 Å². The van der Waals surface area contributed by atoms with E-state index >= 15 is 0 Å². The molecule has 0 amide bonds. The van der Waals surface area contributed by atoms with Gasteiger partial charge >= 0.3 is 0 Å². The summed E-state index contributed by atoms with van der Waals surface area (Å²) in [4.78, 5) is 6.81. The number of hydrogen-bond acceptors (Lipinski definition) is 4. The van der Waals surface area contributed by atoms with Crippen LogP contribution in [0.25, 0.3) is 0 Å². The van der Waals surface area contributed by atoms with Crippen molar-refractivity contribution in [1.82, 2.24) is 10.3 Å². The Kier molecular flexibility index (Phi) is 4.66. The van der Waals surface area contributed by atoms with Crippen molar-refractivity contribution in [2.24, 2.45) is 0 Å². The fourth-order valence-corrected chi connectivity index (χ4v) is 3.34. The maximum Gasteiger partial charge on any atom is 0.0794 e. The molecule has 0 unspecified atom stereocenters. The molecule has 2 aromatic rings. The van der Waals surface area contributed by atoms with E-state index in [1.54, 1.807) is 11.3 Å². The highest BCUT2D eigenvalue weighted by atomic mass is 32.1. The third kappa shape index (κ3) is 3.58. The molecule has 0 spiro atoms. The fraction of sp³-hybridized carbons (Fsp3) is 0.438. The maximum absolute atomic E-state index is 4.32. The van der Waals surface area contributed by atoms with E-state index in [4.69, 9.17) is 0 Å². The Hall–Kier alpha value is -1.39. The van der Waals surface area contributed by atoms with Crippen LogP contribution in [0.15, 0.2) is 41.2 Å². The normalized spacial score (nSPS) is 16.5. The van der Waals surface area contributed by atoms with E-state index in [0.717, 1.165) is 26.1 Å². The van der Waals surface area contributed by atoms with Crippen LogP contribution in [0, 0.1) is 0 Å². The summed E-state index contributed by atoms with van der Waals surface area (Å²) < 4.78 is 0. The summed E-state index contributed by atoms with van der Waals surface area (Å²) in [7, 11) is 0. The van der Waals surface area contributed by atoms with Crippen LogP contribution >= 0.6 is 11.3 Å². The molecular weight excluding hydrogens is 266 g/mol. The van der Waals surface area contributed by atoms with Gasteiger partial charge in [0, 0.05) is 43.2 Å². The van der Waals surface area contributed by atoms with Gasteiger partial charge in [-0.05, 0) is 25.0 Å². The smallest absolute Gasteiger partial charge is 0.0794 e. The molecule has 1 saturated heterocycles. The number of nitrogens with one attached hydrogen (secondary N) is 1. The van der Waals surface area contributed by atoms with Gasteiger partial charge in [0.25, 0.3) is 0 Å². The quantitative estimate of drug-likeness (QED) is 0.916. The first-order chi connectivity index (χ1) is 9.92. The minimum absolute atomic E-state index is 0.661. The second-order valence-corrected chi connectivity index (χ2v) is 6.00. The molecule has 0 saturated carbocycles. The molecule has 0 bridgehead atoms. The first kappa shape index (κ1) is 13.6. The Balaban J connectivity index is 1.40. The number of thiazole rings is 1. The average Bonchev–Trinajstić information content (AvgIpc) is 3.02. The van der Waals surface area contributed by atoms with Gasteiger partial charge in [0.1, 0.15) is 0 Å². The van der Waals surface area contributed by atoms with Crippen molar-refractivity contribution in [2.75, 3.05) is 24.5 Å². The number of piperidine rings is 1. The van der Waals surface area contributed by atoms with Gasteiger partial charge in [-0.25, -0.2) is 4.98 Å². The molecule has 1 fully saturated rings. The van der Waals surface area contributed by atoms with Crippen molar-refractivity contribution in [3.8, 4) is 0 Å². The molecule has 1 aromatic carbocycles. The second-order valence-electron chi connectivity index (χ2n) is 5.28. The minimum Gasteiger partial charge on any atom is -0.371 e. The van der Waals surface area contributed by atoms with E-state index < -0.39 is 0 Å². The van der Waals surface area contributed by atoms with Crippen LogP contribution < -0.4 is 10.2 Å². The lowest BCUT2D eigenvalue weighted by molar-refractivity contribution is 0.417. The van der Waals surface area contributed by atoms with E-state index in [9.17, 15) is 0 Å². The summed E-state index contributed by atoms with van der Waals surface area (Å²) in [5.41, 5.74) is 4.48. The van der Waals surface area contributed by atoms with E-state index in [0.29, 0.717) is 6.04 Å². The molecule has 1 aromatic heterocycles. The number of benzene rings is 1. The van der Waals surface area contributed by atoms with Gasteiger partial charge in [0.15, 0.2) is 0 Å². The van der Waals surface area contributed by atoms with Crippen LogP contribution in [0.5, 0.6) is 0 Å². The van der Waals surface area contributed by atoms with Gasteiger partial charge in [0.2, 0.25) is 0 Å². The van der Waals surface area contributed by atoms with Crippen molar-refractivity contribution < 1.29 is 0 Å². The third-order valence-electron chi connectivity index (χ3n) is 3.91. The lowest BCUT2D eigenvalue weighted by atomic mass is 10.0. The van der Waals surface area contributed by atoms with Crippen LogP contribution in [0.4, 0.5) is 5.69 Å². The van der Waals surface area contributed by atoms with Gasteiger partial charge < -0.3 is 10.2 Å². The molecule has 20 heavy (non-hydrogen) atoms. The topological polar surface area (TPSA) is 28.2 Å². The standard InChI is InChI=1S/C16H21N3S/c1-2-4-16(5-3-1)19-10-7-14(8-11-19)17-9-6-15-12-20-13-18-15/h1-5,12-14,17H,6-11H2. The van der Waals surface area contributed by atoms with Gasteiger partial charge in [-0.2, -0.15) is 0 Å². The zero-order chi connectivity index (χ0) is 13.6. The molecule has 2 heterocycles. The highest BCUT2D eigenvalue weighted by molar-refractivity contribution is 7.07. The zero-order valence-electron chi connectivity index (χ0n) is 11.7. The number of anilines is 1. The van der Waals surface area contributed by atoms with Gasteiger partial charge in [-0.15, -0.1) is 11.3 Å². The van der Waals surface area contributed by atoms with E-state index in [1.807, 2.05) is 5.51 Å². The van der Waals surface area contributed by atoms with Crippen LogP contribution in [-0.2, 0) is 6.42 Å². The summed E-state index contributed by atoms with van der Waals surface area (Å²) in [6, 6.07) is 11.4. The summed E-state index contributed by atoms with van der Waals surface area (Å²) in [6.45, 7) is 3.34. The molecular formula is C16H21N3S. The summed E-state index contributed by atoms with van der Waals surface area (Å²) in [6.07, 6.45) is 3.50. The van der Waals surface area contributed by atoms with E-state index in [2.05, 4.69) is 50.9 Å². The predicted octanol–water partition coefficient (Wildman–Crippen LogP) is 2.94. The molecule has 0 atom stereocenters. The Labute approximate surface area is 124 Å². The molecule has 1 aliphatic rings. The number of aromatic nitrogens is 1. The largest absolute Gasteiger partial charge is 0.371 e. The summed E-state index contributed by atoms with van der Waals surface area (Å²) in [5, 5.41) is 5.81. The predicted molar refractivity (Wildman–Crippen MR) is 85.5 cm³/mol. The summed E-state index contributed by atoms with van der Waals surface area (Å²) >= 11 is 1.68. The summed E-state index contributed by atoms with van der Waals surface area (Å²) in [5.74, 6) is 0. The Morgan fingerprint density at radius 2 is 2.00 bits per heavy atom. The Morgan fingerprint density at radius 3 is 2.70 bits per heavy atom. The number of nitrogens with zero attached hydrogens (tertiary/aromatic N) is 2. The van der Waals surface area contributed by atoms with E-state index in [-0.39, 0.29) is 0 Å². The number of rotatable bonds is 5. The maximum atomic E-state index is 4.32. The van der Waals surface area contributed by atoms with Crippen LogP contribution in [0.2, 0.25) is 0 Å². The van der Waals surface area contributed by atoms with Crippen molar-refractivity contribution >= 4 is 17.0 Å². The van der Waals surface area contributed by atoms with Crippen molar-refractivity contribution in [1.29, 1.82) is 0 Å². The molecule has 0 aliphatic carbocycles. The average molecular weight is 287 g/mol. The van der Waals surface area contributed by atoms with Crippen LogP contribution in [-0.4, -0.2) is 30.7 Å². The molecule has 1 N–H and O–H groups in total. The molecule has 106 valence electrons. The Morgan fingerprint density at radius 1 is 1.20 bits per heavy atom. The zero-order valence-corrected chi connectivity index (χ0v) is 12.5. The molecule has 1 aliphatic heterocycles. The van der Waals surface area contributed by atoms with Crippen molar-refractivity contribution in [2.45, 2.75) is 25.3 Å². The fourth-order valence-electron chi connectivity index (χ4n) is 2.75. The second kappa shape index (κ2) is 6.86. The number of hydrogen-bond donors (Lipinski definition) is 1. The van der Waals surface area contributed by atoms with Crippen LogP contribution in [0.3, 0.4) is 0 Å². The monoisotopic (exact) mass is 287 g/mol. The molecule has 0 radical (unpaired) electrons. The number of para-hydroxylation sites is 1. The van der Waals surface area contributed by atoms with Crippen molar-refractivity contribution in [3.63, 3.8) is 0 Å². The molecule has 4 heteroatoms. The van der Waals surface area contributed by atoms with Gasteiger partial charge in [-0.3, -0.25) is 0 Å². The van der Waals surface area contributed by atoms with Gasteiger partial charge in [-0.1, -0.05) is 18.2 Å². The SMILES string of the molecule is c1ccc(N2CCC(NCCc3cscn3)CC2)cc1. The lowest BCUT2D eigenvalue weighted by Gasteiger charge is -2.34. The molecule has 3 rings (SSSR count). The highest BCUT2D eigenvalue weighted by Crippen LogP contribution is 2.19. The van der Waals surface area contributed by atoms with Crippen LogP contribution in [0.1, 0.15) is 18.5 Å². The highest BCUT2D eigenvalue weighted by Gasteiger charge is 2.18. The lowest BCUT2D eigenvalue weighted by Crippen LogP contribution is -2.43. The molecule has 3 nitrogen and oxygen atoms in total. The minimum atomic E-state index is 0.661. The first-order valence-electron chi connectivity index (χ1n) is 7.32.